The summed E-state index contributed by atoms with van der Waals surface area (Å²) in [7, 11) is -6.92. The molecule has 2 N–H and O–H groups in total. The first kappa shape index (κ1) is 13.8. The zero-order chi connectivity index (χ0) is 13.6. The summed E-state index contributed by atoms with van der Waals surface area (Å²) in [6, 6.07) is 4.47. The highest BCUT2D eigenvalue weighted by Crippen LogP contribution is 2.30. The summed E-state index contributed by atoms with van der Waals surface area (Å²) in [5.74, 6) is -0.391. The van der Waals surface area contributed by atoms with E-state index in [1.54, 1.807) is 6.07 Å². The Balaban J connectivity index is 2.44. The highest BCUT2D eigenvalue weighted by Gasteiger charge is 2.38. The van der Waals surface area contributed by atoms with Gasteiger partial charge in [-0.3, -0.25) is 0 Å². The average molecular weight is 354 g/mol. The van der Waals surface area contributed by atoms with Gasteiger partial charge in [0.15, 0.2) is 19.7 Å². The lowest BCUT2D eigenvalue weighted by atomic mass is 10.3. The Morgan fingerprint density at radius 3 is 2.50 bits per heavy atom. The minimum Gasteiger partial charge on any atom is -0.398 e. The monoisotopic (exact) mass is 353 g/mol. The Labute approximate surface area is 114 Å². The van der Waals surface area contributed by atoms with Crippen molar-refractivity contribution in [3.8, 4) is 0 Å². The predicted molar refractivity (Wildman–Crippen MR) is 72.8 cm³/mol. The largest absolute Gasteiger partial charge is 0.398 e. The van der Waals surface area contributed by atoms with E-state index >= 15 is 0 Å². The molecule has 18 heavy (non-hydrogen) atoms. The first-order chi connectivity index (χ1) is 8.22. The molecule has 1 fully saturated rings. The maximum atomic E-state index is 12.3. The molecule has 1 saturated heterocycles. The van der Waals surface area contributed by atoms with Crippen molar-refractivity contribution in [3.63, 3.8) is 0 Å². The number of anilines is 1. The minimum atomic E-state index is -3.68. The van der Waals surface area contributed by atoms with Gasteiger partial charge in [0.1, 0.15) is 0 Å². The molecular formula is C10H12BrNO4S2. The number of nitrogens with two attached hydrogens (primary N) is 1. The maximum absolute atomic E-state index is 12.3. The third-order valence-electron chi connectivity index (χ3n) is 2.91. The van der Waals surface area contributed by atoms with Gasteiger partial charge >= 0.3 is 0 Å². The second-order valence-corrected chi connectivity index (χ2v) is 9.59. The Morgan fingerprint density at radius 1 is 1.33 bits per heavy atom. The fourth-order valence-electron chi connectivity index (χ4n) is 1.96. The van der Waals surface area contributed by atoms with Crippen LogP contribution in [-0.4, -0.2) is 33.6 Å². The number of rotatable bonds is 2. The van der Waals surface area contributed by atoms with E-state index in [0.29, 0.717) is 4.47 Å². The molecule has 1 aromatic carbocycles. The molecule has 100 valence electrons. The van der Waals surface area contributed by atoms with Crippen molar-refractivity contribution >= 4 is 41.3 Å². The van der Waals surface area contributed by atoms with Crippen molar-refractivity contribution in [3.05, 3.63) is 22.7 Å². The van der Waals surface area contributed by atoms with Crippen LogP contribution >= 0.6 is 15.9 Å². The van der Waals surface area contributed by atoms with Gasteiger partial charge in [0.05, 0.1) is 27.3 Å². The van der Waals surface area contributed by atoms with Crippen LogP contribution < -0.4 is 5.73 Å². The van der Waals surface area contributed by atoms with Crippen molar-refractivity contribution < 1.29 is 16.8 Å². The Kier molecular flexibility index (Phi) is 3.46. The smallest absolute Gasteiger partial charge is 0.184 e. The van der Waals surface area contributed by atoms with Gasteiger partial charge in [-0.25, -0.2) is 16.8 Å². The van der Waals surface area contributed by atoms with Gasteiger partial charge in [-0.15, -0.1) is 0 Å². The van der Waals surface area contributed by atoms with E-state index in [1.165, 1.54) is 12.1 Å². The number of benzene rings is 1. The van der Waals surface area contributed by atoms with Crippen LogP contribution in [0.3, 0.4) is 0 Å². The molecule has 0 aromatic heterocycles. The van der Waals surface area contributed by atoms with Crippen molar-refractivity contribution in [1.82, 2.24) is 0 Å². The first-order valence-electron chi connectivity index (χ1n) is 5.22. The van der Waals surface area contributed by atoms with Crippen LogP contribution in [0.2, 0.25) is 0 Å². The van der Waals surface area contributed by atoms with Crippen LogP contribution in [0.25, 0.3) is 0 Å². The van der Waals surface area contributed by atoms with Crippen molar-refractivity contribution in [1.29, 1.82) is 0 Å². The SMILES string of the molecule is Nc1cc(Br)ccc1S(=O)(=O)C1CCS(=O)(=O)C1. The highest BCUT2D eigenvalue weighted by molar-refractivity contribution is 9.10. The van der Waals surface area contributed by atoms with Crippen molar-refractivity contribution in [2.24, 2.45) is 0 Å². The molecule has 0 aliphatic carbocycles. The maximum Gasteiger partial charge on any atom is 0.184 e. The molecule has 1 unspecified atom stereocenters. The van der Waals surface area contributed by atoms with E-state index in [-0.39, 0.29) is 28.5 Å². The minimum absolute atomic E-state index is 0.00722. The van der Waals surface area contributed by atoms with Gasteiger partial charge in [0, 0.05) is 4.47 Å². The zero-order valence-corrected chi connectivity index (χ0v) is 12.6. The van der Waals surface area contributed by atoms with Crippen molar-refractivity contribution in [2.75, 3.05) is 17.2 Å². The lowest BCUT2D eigenvalue weighted by Crippen LogP contribution is -2.23. The first-order valence-corrected chi connectivity index (χ1v) is 9.38. The van der Waals surface area contributed by atoms with Gasteiger partial charge in [0.2, 0.25) is 0 Å². The summed E-state index contributed by atoms with van der Waals surface area (Å²) in [5.41, 5.74) is 5.82. The second-order valence-electron chi connectivity index (χ2n) is 4.25. The third-order valence-corrected chi connectivity index (χ3v) is 7.64. The number of nitrogen functional groups attached to an aromatic ring is 1. The summed E-state index contributed by atoms with van der Waals surface area (Å²) < 4.78 is 48.0. The molecule has 0 saturated carbocycles. The van der Waals surface area contributed by atoms with Crippen LogP contribution in [-0.2, 0) is 19.7 Å². The van der Waals surface area contributed by atoms with Gasteiger partial charge in [-0.05, 0) is 24.6 Å². The van der Waals surface area contributed by atoms with E-state index in [1.807, 2.05) is 0 Å². The van der Waals surface area contributed by atoms with E-state index in [9.17, 15) is 16.8 Å². The molecule has 1 heterocycles. The Hall–Kier alpha value is -0.600. The highest BCUT2D eigenvalue weighted by atomic mass is 79.9. The fraction of sp³-hybridized carbons (Fsp3) is 0.400. The van der Waals surface area contributed by atoms with Crippen LogP contribution in [0.5, 0.6) is 0 Å². The molecule has 0 radical (unpaired) electrons. The molecule has 0 amide bonds. The number of halogens is 1. The standard InChI is InChI=1S/C10H12BrNO4S2/c11-7-1-2-10(9(12)5-7)18(15,16)8-3-4-17(13,14)6-8/h1-2,5,8H,3-4,6,12H2. The van der Waals surface area contributed by atoms with Crippen LogP contribution in [0.1, 0.15) is 6.42 Å². The number of hydrogen-bond acceptors (Lipinski definition) is 5. The van der Waals surface area contributed by atoms with E-state index in [4.69, 9.17) is 5.73 Å². The average Bonchev–Trinajstić information content (AvgIpc) is 2.58. The normalized spacial score (nSPS) is 23.1. The van der Waals surface area contributed by atoms with Gasteiger partial charge in [-0.1, -0.05) is 15.9 Å². The molecule has 1 atom stereocenters. The second kappa shape index (κ2) is 4.50. The van der Waals surface area contributed by atoms with E-state index < -0.39 is 24.9 Å². The number of hydrogen-bond donors (Lipinski definition) is 1. The molecule has 1 aromatic rings. The Bertz CT molecular complexity index is 682. The summed E-state index contributed by atoms with van der Waals surface area (Å²) in [4.78, 5) is 0.00722. The fourth-order valence-corrected chi connectivity index (χ4v) is 6.81. The summed E-state index contributed by atoms with van der Waals surface area (Å²) >= 11 is 3.19. The van der Waals surface area contributed by atoms with Crippen LogP contribution in [0, 0.1) is 0 Å². The molecule has 0 bridgehead atoms. The molecule has 1 aliphatic rings. The molecule has 2 rings (SSSR count). The quantitative estimate of drug-likeness (QED) is 0.800. The van der Waals surface area contributed by atoms with Crippen LogP contribution in [0.4, 0.5) is 5.69 Å². The summed E-state index contributed by atoms with van der Waals surface area (Å²) in [6.45, 7) is 0. The lowest BCUT2D eigenvalue weighted by Gasteiger charge is -2.12. The topological polar surface area (TPSA) is 94.3 Å². The van der Waals surface area contributed by atoms with Crippen molar-refractivity contribution in [2.45, 2.75) is 16.6 Å². The van der Waals surface area contributed by atoms with Gasteiger partial charge in [0.25, 0.3) is 0 Å². The molecule has 1 aliphatic heterocycles. The molecular weight excluding hydrogens is 342 g/mol. The third kappa shape index (κ3) is 2.55. The number of sulfone groups is 2. The Morgan fingerprint density at radius 2 is 2.00 bits per heavy atom. The summed E-state index contributed by atoms with van der Waals surface area (Å²) in [5, 5.41) is -0.883. The van der Waals surface area contributed by atoms with E-state index in [2.05, 4.69) is 15.9 Å². The van der Waals surface area contributed by atoms with Crippen LogP contribution in [0.15, 0.2) is 27.6 Å². The van der Waals surface area contributed by atoms with Gasteiger partial charge < -0.3 is 5.73 Å². The van der Waals surface area contributed by atoms with E-state index in [0.717, 1.165) is 0 Å². The molecule has 5 nitrogen and oxygen atoms in total. The summed E-state index contributed by atoms with van der Waals surface area (Å²) in [6.07, 6.45) is 0.139. The predicted octanol–water partition coefficient (Wildman–Crippen LogP) is 0.992. The molecule has 8 heteroatoms. The molecule has 0 spiro atoms. The van der Waals surface area contributed by atoms with Gasteiger partial charge in [-0.2, -0.15) is 0 Å². The lowest BCUT2D eigenvalue weighted by molar-refractivity contribution is 0.582. The zero-order valence-electron chi connectivity index (χ0n) is 9.34.